The fourth-order valence-electron chi connectivity index (χ4n) is 1.90. The van der Waals surface area contributed by atoms with Crippen molar-refractivity contribution in [1.29, 1.82) is 0 Å². The predicted octanol–water partition coefficient (Wildman–Crippen LogP) is 2.02. The lowest BCUT2D eigenvalue weighted by Crippen LogP contribution is -2.28. The first kappa shape index (κ1) is 9.62. The average Bonchev–Trinajstić information content (AvgIpc) is 2.68. The molecule has 0 amide bonds. The number of hydrogen-bond donors (Lipinski definition) is 2. The van der Waals surface area contributed by atoms with Crippen molar-refractivity contribution in [3.05, 3.63) is 35.9 Å². The van der Waals surface area contributed by atoms with Gasteiger partial charge in [-0.2, -0.15) is 0 Å². The SMILES string of the molecule is OC(=S)[C@@H]1C[C@H](c2ccccc2)CN1. The Labute approximate surface area is 89.0 Å². The monoisotopic (exact) mass is 207 g/mol. The van der Waals surface area contributed by atoms with Gasteiger partial charge in [-0.15, -0.1) is 0 Å². The van der Waals surface area contributed by atoms with Crippen LogP contribution in [0.2, 0.25) is 0 Å². The molecule has 2 rings (SSSR count). The Hall–Kier alpha value is -0.930. The molecule has 0 spiro atoms. The van der Waals surface area contributed by atoms with Crippen molar-refractivity contribution < 1.29 is 5.11 Å². The Morgan fingerprint density at radius 3 is 2.64 bits per heavy atom. The van der Waals surface area contributed by atoms with Crippen LogP contribution in [0.15, 0.2) is 30.3 Å². The number of hydrogen-bond acceptors (Lipinski definition) is 2. The van der Waals surface area contributed by atoms with E-state index in [4.69, 9.17) is 12.2 Å². The van der Waals surface area contributed by atoms with Crippen molar-refractivity contribution in [2.24, 2.45) is 0 Å². The van der Waals surface area contributed by atoms with Crippen LogP contribution in [0.3, 0.4) is 0 Å². The third-order valence-corrected chi connectivity index (χ3v) is 2.98. The van der Waals surface area contributed by atoms with Crippen LogP contribution in [0, 0.1) is 0 Å². The molecular weight excluding hydrogens is 194 g/mol. The molecule has 1 saturated heterocycles. The van der Waals surface area contributed by atoms with E-state index < -0.39 is 0 Å². The number of nitrogens with one attached hydrogen (secondary N) is 1. The van der Waals surface area contributed by atoms with Gasteiger partial charge >= 0.3 is 0 Å². The summed E-state index contributed by atoms with van der Waals surface area (Å²) in [5.74, 6) is 0.478. The van der Waals surface area contributed by atoms with E-state index in [1.807, 2.05) is 18.2 Å². The molecule has 0 unspecified atom stereocenters. The second kappa shape index (κ2) is 4.07. The minimum absolute atomic E-state index is 0.00444. The minimum atomic E-state index is -0.00444. The van der Waals surface area contributed by atoms with Gasteiger partial charge in [0.25, 0.3) is 0 Å². The van der Waals surface area contributed by atoms with Gasteiger partial charge in [-0.25, -0.2) is 0 Å². The Morgan fingerprint density at radius 1 is 1.36 bits per heavy atom. The van der Waals surface area contributed by atoms with E-state index in [-0.39, 0.29) is 11.1 Å². The molecule has 1 fully saturated rings. The summed E-state index contributed by atoms with van der Waals surface area (Å²) in [6.07, 6.45) is 0.902. The highest BCUT2D eigenvalue weighted by Crippen LogP contribution is 2.25. The molecule has 1 aromatic rings. The number of benzene rings is 1. The van der Waals surface area contributed by atoms with Gasteiger partial charge in [-0.1, -0.05) is 30.3 Å². The lowest BCUT2D eigenvalue weighted by molar-refractivity contribution is 0.516. The minimum Gasteiger partial charge on any atom is -0.501 e. The lowest BCUT2D eigenvalue weighted by Gasteiger charge is -2.08. The van der Waals surface area contributed by atoms with Crippen molar-refractivity contribution >= 4 is 17.3 Å². The standard InChI is InChI=1S/C11H13NOS/c13-11(14)10-6-9(7-12-10)8-4-2-1-3-5-8/h1-5,9-10,12H,6-7H2,(H,13,14)/t9-,10-/m0/s1. The van der Waals surface area contributed by atoms with Gasteiger partial charge in [0.2, 0.25) is 0 Å². The molecule has 14 heavy (non-hydrogen) atoms. The molecule has 74 valence electrons. The van der Waals surface area contributed by atoms with Gasteiger partial charge < -0.3 is 10.4 Å². The molecule has 0 radical (unpaired) electrons. The summed E-state index contributed by atoms with van der Waals surface area (Å²) in [4.78, 5) is 0. The highest BCUT2D eigenvalue weighted by Gasteiger charge is 2.27. The molecule has 1 aliphatic rings. The first-order chi connectivity index (χ1) is 6.77. The average molecular weight is 207 g/mol. The summed E-state index contributed by atoms with van der Waals surface area (Å²) in [5.41, 5.74) is 1.32. The summed E-state index contributed by atoms with van der Waals surface area (Å²) in [6, 6.07) is 10.3. The van der Waals surface area contributed by atoms with Gasteiger partial charge in [-0.3, -0.25) is 0 Å². The predicted molar refractivity (Wildman–Crippen MR) is 60.8 cm³/mol. The van der Waals surface area contributed by atoms with Crippen LogP contribution in [0.1, 0.15) is 17.9 Å². The zero-order valence-electron chi connectivity index (χ0n) is 7.81. The molecule has 2 atom stereocenters. The van der Waals surface area contributed by atoms with Crippen molar-refractivity contribution in [1.82, 2.24) is 5.32 Å². The lowest BCUT2D eigenvalue weighted by atomic mass is 9.97. The first-order valence-electron chi connectivity index (χ1n) is 4.78. The number of aliphatic hydroxyl groups excluding tert-OH is 1. The van der Waals surface area contributed by atoms with Crippen molar-refractivity contribution in [2.45, 2.75) is 18.4 Å². The van der Waals surface area contributed by atoms with Crippen LogP contribution >= 0.6 is 12.2 Å². The Morgan fingerprint density at radius 2 is 2.07 bits per heavy atom. The highest BCUT2D eigenvalue weighted by atomic mass is 32.1. The topological polar surface area (TPSA) is 32.3 Å². The zero-order chi connectivity index (χ0) is 9.97. The molecule has 0 aromatic heterocycles. The molecule has 2 N–H and O–H groups in total. The molecule has 1 aromatic carbocycles. The summed E-state index contributed by atoms with van der Waals surface area (Å²) < 4.78 is 0. The van der Waals surface area contributed by atoms with E-state index >= 15 is 0 Å². The normalized spacial score (nSPS) is 26.3. The van der Waals surface area contributed by atoms with Crippen LogP contribution in [0.25, 0.3) is 0 Å². The summed E-state index contributed by atoms with van der Waals surface area (Å²) in [5, 5.41) is 12.5. The van der Waals surface area contributed by atoms with Crippen molar-refractivity contribution in [2.75, 3.05) is 6.54 Å². The van der Waals surface area contributed by atoms with Crippen LogP contribution in [0.4, 0.5) is 0 Å². The summed E-state index contributed by atoms with van der Waals surface area (Å²) >= 11 is 4.75. The highest BCUT2D eigenvalue weighted by molar-refractivity contribution is 7.80. The van der Waals surface area contributed by atoms with Crippen LogP contribution in [-0.2, 0) is 0 Å². The van der Waals surface area contributed by atoms with Gasteiger partial charge in [0.15, 0.2) is 5.05 Å². The van der Waals surface area contributed by atoms with Crippen molar-refractivity contribution in [3.63, 3.8) is 0 Å². The number of rotatable bonds is 2. The van der Waals surface area contributed by atoms with Crippen LogP contribution in [0.5, 0.6) is 0 Å². The van der Waals surface area contributed by atoms with E-state index in [0.717, 1.165) is 13.0 Å². The van der Waals surface area contributed by atoms with Gasteiger partial charge in [0.1, 0.15) is 0 Å². The maximum atomic E-state index is 9.19. The van der Waals surface area contributed by atoms with Crippen LogP contribution in [-0.4, -0.2) is 22.7 Å². The van der Waals surface area contributed by atoms with E-state index in [1.54, 1.807) is 0 Å². The first-order valence-corrected chi connectivity index (χ1v) is 5.19. The van der Waals surface area contributed by atoms with E-state index in [9.17, 15) is 5.11 Å². The van der Waals surface area contributed by atoms with Gasteiger partial charge in [0.05, 0.1) is 6.04 Å². The molecule has 0 bridgehead atoms. The summed E-state index contributed by atoms with van der Waals surface area (Å²) in [7, 11) is 0. The quantitative estimate of drug-likeness (QED) is 0.728. The number of thiocarbonyl (C=S) groups is 1. The number of aliphatic hydroxyl groups is 1. The second-order valence-electron chi connectivity index (χ2n) is 3.64. The third-order valence-electron chi connectivity index (χ3n) is 2.70. The van der Waals surface area contributed by atoms with Crippen LogP contribution < -0.4 is 5.32 Å². The molecule has 3 heteroatoms. The Bertz CT molecular complexity index is 325. The van der Waals surface area contributed by atoms with Crippen molar-refractivity contribution in [3.8, 4) is 0 Å². The molecular formula is C11H13NOS. The maximum Gasteiger partial charge on any atom is 0.174 e. The smallest absolute Gasteiger partial charge is 0.174 e. The molecule has 2 nitrogen and oxygen atoms in total. The maximum absolute atomic E-state index is 9.19. The molecule has 0 saturated carbocycles. The molecule has 1 aliphatic heterocycles. The van der Waals surface area contributed by atoms with E-state index in [2.05, 4.69) is 17.4 Å². The Balaban J connectivity index is 2.06. The van der Waals surface area contributed by atoms with Gasteiger partial charge in [-0.05, 0) is 30.1 Å². The van der Waals surface area contributed by atoms with Gasteiger partial charge in [0, 0.05) is 6.54 Å². The second-order valence-corrected chi connectivity index (χ2v) is 4.06. The van der Waals surface area contributed by atoms with E-state index in [0.29, 0.717) is 5.92 Å². The molecule has 0 aliphatic carbocycles. The fourth-order valence-corrected chi connectivity index (χ4v) is 2.08. The molecule has 1 heterocycles. The third kappa shape index (κ3) is 1.94. The van der Waals surface area contributed by atoms with E-state index in [1.165, 1.54) is 5.56 Å². The summed E-state index contributed by atoms with van der Waals surface area (Å²) in [6.45, 7) is 0.898. The zero-order valence-corrected chi connectivity index (χ0v) is 8.63. The fraction of sp³-hybridized carbons (Fsp3) is 0.364. The largest absolute Gasteiger partial charge is 0.501 e. The Kier molecular flexibility index (Phi) is 2.79.